The highest BCUT2D eigenvalue weighted by Crippen LogP contribution is 2.12. The van der Waals surface area contributed by atoms with E-state index in [2.05, 4.69) is 11.9 Å². The Kier molecular flexibility index (Phi) is 6.30. The van der Waals surface area contributed by atoms with E-state index in [1.807, 2.05) is 56.3 Å². The Hall–Kier alpha value is -2.29. The summed E-state index contributed by atoms with van der Waals surface area (Å²) >= 11 is 0. The van der Waals surface area contributed by atoms with Crippen molar-refractivity contribution in [2.24, 2.45) is 0 Å². The van der Waals surface area contributed by atoms with Gasteiger partial charge in [-0.15, -0.1) is 0 Å². The summed E-state index contributed by atoms with van der Waals surface area (Å²) in [4.78, 5) is 10.9. The van der Waals surface area contributed by atoms with E-state index in [4.69, 9.17) is 4.74 Å². The Morgan fingerprint density at radius 3 is 2.50 bits per heavy atom. The minimum Gasteiger partial charge on any atom is -0.495 e. The maximum absolute atomic E-state index is 10.9. The molecule has 1 amide bonds. The summed E-state index contributed by atoms with van der Waals surface area (Å²) in [7, 11) is 0. The number of amides is 1. The van der Waals surface area contributed by atoms with Crippen molar-refractivity contribution < 1.29 is 9.53 Å². The molecule has 1 rings (SSSR count). The summed E-state index contributed by atoms with van der Waals surface area (Å²) in [5, 5.41) is 2.73. The third-order valence-corrected chi connectivity index (χ3v) is 2.49. The molecule has 0 aliphatic heterocycles. The number of anilines is 1. The van der Waals surface area contributed by atoms with Crippen molar-refractivity contribution >= 4 is 17.7 Å². The largest absolute Gasteiger partial charge is 0.495 e. The summed E-state index contributed by atoms with van der Waals surface area (Å²) in [6.07, 6.45) is 5.89. The van der Waals surface area contributed by atoms with Gasteiger partial charge in [-0.3, -0.25) is 4.79 Å². The van der Waals surface area contributed by atoms with Crippen molar-refractivity contribution in [2.45, 2.75) is 20.8 Å². The fourth-order valence-corrected chi connectivity index (χ4v) is 1.64. The van der Waals surface area contributed by atoms with Crippen LogP contribution >= 0.6 is 0 Å². The molecule has 0 unspecified atom stereocenters. The highest BCUT2D eigenvalue weighted by Gasteiger charge is 1.94. The van der Waals surface area contributed by atoms with Crippen LogP contribution in [0.5, 0.6) is 0 Å². The maximum atomic E-state index is 10.9. The molecule has 20 heavy (non-hydrogen) atoms. The topological polar surface area (TPSA) is 38.3 Å². The van der Waals surface area contributed by atoms with Crippen LogP contribution in [-0.4, -0.2) is 12.5 Å². The molecule has 106 valence electrons. The van der Waals surface area contributed by atoms with Crippen LogP contribution in [0.15, 0.2) is 54.3 Å². The molecule has 1 N–H and O–H groups in total. The number of carbonyl (C=O) groups is 1. The van der Waals surface area contributed by atoms with E-state index >= 15 is 0 Å². The molecule has 0 atom stereocenters. The molecule has 0 bridgehead atoms. The number of benzene rings is 1. The number of nitrogens with one attached hydrogen (secondary N) is 1. The smallest absolute Gasteiger partial charge is 0.221 e. The van der Waals surface area contributed by atoms with Crippen molar-refractivity contribution in [3.8, 4) is 0 Å². The van der Waals surface area contributed by atoms with Gasteiger partial charge in [0.05, 0.1) is 6.61 Å². The Balaban J connectivity index is 2.66. The molecule has 0 fully saturated rings. The van der Waals surface area contributed by atoms with Crippen LogP contribution < -0.4 is 5.32 Å². The van der Waals surface area contributed by atoms with Gasteiger partial charge in [-0.1, -0.05) is 30.9 Å². The molecule has 0 radical (unpaired) electrons. The molecule has 3 heteroatoms. The Morgan fingerprint density at radius 2 is 1.95 bits per heavy atom. The zero-order valence-electron chi connectivity index (χ0n) is 12.3. The van der Waals surface area contributed by atoms with Crippen LogP contribution in [0, 0.1) is 0 Å². The van der Waals surface area contributed by atoms with Gasteiger partial charge in [0.2, 0.25) is 5.91 Å². The molecule has 3 nitrogen and oxygen atoms in total. The van der Waals surface area contributed by atoms with Gasteiger partial charge in [-0.2, -0.15) is 0 Å². The first-order valence-electron chi connectivity index (χ1n) is 6.57. The Morgan fingerprint density at radius 1 is 1.30 bits per heavy atom. The predicted octanol–water partition coefficient (Wildman–Crippen LogP) is 4.15. The lowest BCUT2D eigenvalue weighted by Crippen LogP contribution is -2.05. The SMILES string of the molecule is C=C(/C=C(C)/C=C/c1ccc(NC(C)=O)cc1)OCC. The van der Waals surface area contributed by atoms with Crippen molar-refractivity contribution in [2.75, 3.05) is 11.9 Å². The first-order chi connectivity index (χ1) is 9.51. The van der Waals surface area contributed by atoms with E-state index in [-0.39, 0.29) is 5.91 Å². The minimum atomic E-state index is -0.0680. The van der Waals surface area contributed by atoms with Crippen LogP contribution in [-0.2, 0) is 9.53 Å². The van der Waals surface area contributed by atoms with Crippen LogP contribution in [0.4, 0.5) is 5.69 Å². The van der Waals surface area contributed by atoms with Gasteiger partial charge in [0.25, 0.3) is 0 Å². The van der Waals surface area contributed by atoms with Crippen molar-refractivity contribution in [1.29, 1.82) is 0 Å². The van der Waals surface area contributed by atoms with Gasteiger partial charge in [-0.25, -0.2) is 0 Å². The zero-order chi connectivity index (χ0) is 15.0. The van der Waals surface area contributed by atoms with Gasteiger partial charge in [-0.05, 0) is 43.2 Å². The number of hydrogen-bond acceptors (Lipinski definition) is 2. The van der Waals surface area contributed by atoms with Crippen molar-refractivity contribution in [1.82, 2.24) is 0 Å². The average molecular weight is 271 g/mol. The number of rotatable bonds is 6. The maximum Gasteiger partial charge on any atom is 0.221 e. The lowest BCUT2D eigenvalue weighted by molar-refractivity contribution is -0.114. The standard InChI is InChI=1S/C17H21NO2/c1-5-20-14(3)12-13(2)6-7-16-8-10-17(11-9-16)18-15(4)19/h6-12H,3,5H2,1-2,4H3,(H,18,19)/b7-6+,13-12+. The molecular weight excluding hydrogens is 250 g/mol. The third-order valence-electron chi connectivity index (χ3n) is 2.49. The first-order valence-corrected chi connectivity index (χ1v) is 6.57. The molecular formula is C17H21NO2. The van der Waals surface area contributed by atoms with E-state index < -0.39 is 0 Å². The third kappa shape index (κ3) is 6.05. The summed E-state index contributed by atoms with van der Waals surface area (Å²) in [5.41, 5.74) is 2.93. The second-order valence-corrected chi connectivity index (χ2v) is 4.42. The summed E-state index contributed by atoms with van der Waals surface area (Å²) in [5.74, 6) is 0.595. The van der Waals surface area contributed by atoms with Crippen LogP contribution in [0.3, 0.4) is 0 Å². The number of carbonyl (C=O) groups excluding carboxylic acids is 1. The molecule has 0 spiro atoms. The summed E-state index contributed by atoms with van der Waals surface area (Å²) in [6, 6.07) is 7.65. The van der Waals surface area contributed by atoms with Crippen molar-refractivity contribution in [3.05, 3.63) is 59.9 Å². The highest BCUT2D eigenvalue weighted by molar-refractivity contribution is 5.88. The average Bonchev–Trinajstić information content (AvgIpc) is 2.37. The van der Waals surface area contributed by atoms with Gasteiger partial charge < -0.3 is 10.1 Å². The van der Waals surface area contributed by atoms with Crippen LogP contribution in [0.1, 0.15) is 26.3 Å². The zero-order valence-corrected chi connectivity index (χ0v) is 12.3. The predicted molar refractivity (Wildman–Crippen MR) is 84.3 cm³/mol. The lowest BCUT2D eigenvalue weighted by Gasteiger charge is -2.02. The second kappa shape index (κ2) is 8.00. The van der Waals surface area contributed by atoms with Crippen LogP contribution in [0.2, 0.25) is 0 Å². The van der Waals surface area contributed by atoms with Crippen LogP contribution in [0.25, 0.3) is 6.08 Å². The Bertz CT molecular complexity index is 524. The fraction of sp³-hybridized carbons (Fsp3) is 0.235. The quantitative estimate of drug-likeness (QED) is 0.623. The Labute approximate surface area is 120 Å². The molecule has 0 saturated heterocycles. The molecule has 1 aromatic rings. The summed E-state index contributed by atoms with van der Waals surface area (Å²) < 4.78 is 5.27. The molecule has 1 aromatic carbocycles. The molecule has 0 aliphatic carbocycles. The van der Waals surface area contributed by atoms with Gasteiger partial charge >= 0.3 is 0 Å². The molecule has 0 aliphatic rings. The monoisotopic (exact) mass is 271 g/mol. The minimum absolute atomic E-state index is 0.0680. The lowest BCUT2D eigenvalue weighted by atomic mass is 10.1. The number of ether oxygens (including phenoxy) is 1. The van der Waals surface area contributed by atoms with Gasteiger partial charge in [0.1, 0.15) is 5.76 Å². The normalized spacial score (nSPS) is 11.4. The number of hydrogen-bond donors (Lipinski definition) is 1. The second-order valence-electron chi connectivity index (χ2n) is 4.42. The van der Waals surface area contributed by atoms with E-state index in [1.54, 1.807) is 0 Å². The van der Waals surface area contributed by atoms with E-state index in [9.17, 15) is 4.79 Å². The van der Waals surface area contributed by atoms with E-state index in [0.717, 1.165) is 16.8 Å². The highest BCUT2D eigenvalue weighted by atomic mass is 16.5. The number of allylic oxidation sites excluding steroid dienone is 3. The van der Waals surface area contributed by atoms with Gasteiger partial charge in [0, 0.05) is 12.6 Å². The van der Waals surface area contributed by atoms with E-state index in [1.165, 1.54) is 6.92 Å². The molecule has 0 aromatic heterocycles. The molecule has 0 heterocycles. The van der Waals surface area contributed by atoms with Crippen molar-refractivity contribution in [3.63, 3.8) is 0 Å². The first kappa shape index (κ1) is 15.8. The van der Waals surface area contributed by atoms with E-state index in [0.29, 0.717) is 12.4 Å². The fourth-order valence-electron chi connectivity index (χ4n) is 1.64. The molecule has 0 saturated carbocycles. The van der Waals surface area contributed by atoms with Gasteiger partial charge in [0.15, 0.2) is 0 Å². The summed E-state index contributed by atoms with van der Waals surface area (Å²) in [6.45, 7) is 9.84.